The van der Waals surface area contributed by atoms with E-state index in [0.29, 0.717) is 0 Å². The zero-order valence-corrected chi connectivity index (χ0v) is 16.6. The van der Waals surface area contributed by atoms with Crippen LogP contribution in [0.5, 0.6) is 0 Å². The van der Waals surface area contributed by atoms with Gasteiger partial charge in [-0.15, -0.1) is 0 Å². The number of hydrogen-bond acceptors (Lipinski definition) is 3. The number of alkyl carbamates (subject to hydrolysis) is 1. The Kier molecular flexibility index (Phi) is 6.81. The summed E-state index contributed by atoms with van der Waals surface area (Å²) in [6, 6.07) is 12.7. The number of carbonyl (C=O) groups excluding carboxylic acids is 2. The van der Waals surface area contributed by atoms with Gasteiger partial charge in [-0.05, 0) is 72.2 Å². The highest BCUT2D eigenvalue weighted by molar-refractivity contribution is 14.1. The van der Waals surface area contributed by atoms with E-state index in [4.69, 9.17) is 4.74 Å². The summed E-state index contributed by atoms with van der Waals surface area (Å²) in [6.07, 6.45) is -0.623. The van der Waals surface area contributed by atoms with Crippen molar-refractivity contribution in [1.82, 2.24) is 5.32 Å². The van der Waals surface area contributed by atoms with Crippen molar-refractivity contribution < 1.29 is 14.3 Å². The molecule has 132 valence electrons. The lowest BCUT2D eigenvalue weighted by Crippen LogP contribution is -2.42. The lowest BCUT2D eigenvalue weighted by molar-refractivity contribution is -0.117. The molecule has 2 amide bonds. The fourth-order valence-electron chi connectivity index (χ4n) is 2.35. The fraction of sp³-hybridized carbons (Fsp3) is 0.263. The number of carbonyl (C=O) groups is 2. The fourth-order valence-corrected chi connectivity index (χ4v) is 3.28. The molecule has 2 aromatic carbocycles. The molecule has 0 spiro atoms. The Bertz CT molecular complexity index is 740. The Morgan fingerprint density at radius 3 is 2.32 bits per heavy atom. The van der Waals surface area contributed by atoms with Crippen LogP contribution < -0.4 is 10.6 Å². The molecule has 0 aliphatic rings. The molecule has 0 aliphatic carbocycles. The average molecular weight is 452 g/mol. The highest BCUT2D eigenvalue weighted by Gasteiger charge is 2.18. The average Bonchev–Trinajstić information content (AvgIpc) is 2.57. The van der Waals surface area contributed by atoms with Crippen LogP contribution in [0.4, 0.5) is 10.5 Å². The van der Waals surface area contributed by atoms with Crippen molar-refractivity contribution in [2.45, 2.75) is 33.4 Å². The van der Waals surface area contributed by atoms with Gasteiger partial charge in [-0.2, -0.15) is 0 Å². The molecule has 0 radical (unpaired) electrons. The minimum Gasteiger partial charge on any atom is -0.445 e. The molecule has 6 heteroatoms. The van der Waals surface area contributed by atoms with E-state index in [2.05, 4.69) is 33.2 Å². The van der Waals surface area contributed by atoms with Crippen LogP contribution in [-0.4, -0.2) is 18.0 Å². The summed E-state index contributed by atoms with van der Waals surface area (Å²) >= 11 is 2.24. The van der Waals surface area contributed by atoms with Gasteiger partial charge < -0.3 is 15.4 Å². The highest BCUT2D eigenvalue weighted by Crippen LogP contribution is 2.23. The van der Waals surface area contributed by atoms with Crippen LogP contribution in [0.2, 0.25) is 0 Å². The second kappa shape index (κ2) is 8.84. The summed E-state index contributed by atoms with van der Waals surface area (Å²) in [5.41, 5.74) is 3.63. The maximum Gasteiger partial charge on any atom is 0.408 e. The number of rotatable bonds is 5. The van der Waals surface area contributed by atoms with Crippen LogP contribution in [0.15, 0.2) is 42.5 Å². The number of hydrogen-bond donors (Lipinski definition) is 2. The van der Waals surface area contributed by atoms with Crippen LogP contribution in [0.25, 0.3) is 0 Å². The lowest BCUT2D eigenvalue weighted by atomic mass is 10.1. The van der Waals surface area contributed by atoms with Crippen LogP contribution in [0.3, 0.4) is 0 Å². The molecule has 1 atom stereocenters. The van der Waals surface area contributed by atoms with E-state index < -0.39 is 12.1 Å². The number of benzene rings is 2. The summed E-state index contributed by atoms with van der Waals surface area (Å²) in [7, 11) is 0. The molecule has 0 saturated carbocycles. The van der Waals surface area contributed by atoms with Crippen molar-refractivity contribution >= 4 is 40.3 Å². The Morgan fingerprint density at radius 1 is 1.12 bits per heavy atom. The Labute approximate surface area is 161 Å². The van der Waals surface area contributed by atoms with Gasteiger partial charge in [0.25, 0.3) is 0 Å². The lowest BCUT2D eigenvalue weighted by Gasteiger charge is -2.17. The molecule has 0 unspecified atom stereocenters. The van der Waals surface area contributed by atoms with Crippen molar-refractivity contribution in [2.24, 2.45) is 0 Å². The van der Waals surface area contributed by atoms with Crippen molar-refractivity contribution in [1.29, 1.82) is 0 Å². The van der Waals surface area contributed by atoms with Gasteiger partial charge in [0.05, 0.1) is 0 Å². The molecule has 5 nitrogen and oxygen atoms in total. The first-order chi connectivity index (χ1) is 11.9. The molecule has 2 rings (SSSR count). The predicted octanol–water partition coefficient (Wildman–Crippen LogP) is 4.16. The third-order valence-corrected chi connectivity index (χ3v) is 4.31. The molecule has 25 heavy (non-hydrogen) atoms. The van der Waals surface area contributed by atoms with E-state index in [0.717, 1.165) is 25.9 Å². The van der Waals surface area contributed by atoms with Crippen molar-refractivity contribution in [3.8, 4) is 0 Å². The molecule has 0 saturated heterocycles. The van der Waals surface area contributed by atoms with E-state index >= 15 is 0 Å². The second-order valence-corrected chi connectivity index (χ2v) is 7.08. The number of aryl methyl sites for hydroxylation is 2. The Morgan fingerprint density at radius 2 is 1.72 bits per heavy atom. The highest BCUT2D eigenvalue weighted by atomic mass is 127. The maximum absolute atomic E-state index is 12.3. The number of halogens is 1. The predicted molar refractivity (Wildman–Crippen MR) is 106 cm³/mol. The van der Waals surface area contributed by atoms with Gasteiger partial charge >= 0.3 is 6.09 Å². The molecule has 0 fully saturated rings. The van der Waals surface area contributed by atoms with Crippen LogP contribution in [0.1, 0.15) is 23.6 Å². The topological polar surface area (TPSA) is 67.4 Å². The minimum absolute atomic E-state index is 0.163. The third-order valence-electron chi connectivity index (χ3n) is 3.69. The Hall–Kier alpha value is -2.09. The van der Waals surface area contributed by atoms with E-state index in [9.17, 15) is 9.59 Å². The first kappa shape index (κ1) is 19.2. The van der Waals surface area contributed by atoms with Crippen molar-refractivity contribution in [3.63, 3.8) is 0 Å². The van der Waals surface area contributed by atoms with Crippen molar-refractivity contribution in [3.05, 3.63) is 62.7 Å². The van der Waals surface area contributed by atoms with Gasteiger partial charge in [0.15, 0.2) is 0 Å². The third kappa shape index (κ3) is 5.74. The number of ether oxygens (including phenoxy) is 1. The van der Waals surface area contributed by atoms with Crippen molar-refractivity contribution in [2.75, 3.05) is 5.32 Å². The first-order valence-electron chi connectivity index (χ1n) is 7.91. The summed E-state index contributed by atoms with van der Waals surface area (Å²) in [5.74, 6) is -0.288. The monoisotopic (exact) mass is 452 g/mol. The van der Waals surface area contributed by atoms with Gasteiger partial charge in [-0.25, -0.2) is 4.79 Å². The van der Waals surface area contributed by atoms with Gasteiger partial charge in [0, 0.05) is 9.26 Å². The van der Waals surface area contributed by atoms with E-state index in [1.54, 1.807) is 6.92 Å². The molecule has 0 aromatic heterocycles. The molecular weight excluding hydrogens is 431 g/mol. The molecule has 2 aromatic rings. The largest absolute Gasteiger partial charge is 0.445 e. The summed E-state index contributed by atoms with van der Waals surface area (Å²) in [4.78, 5) is 24.2. The maximum atomic E-state index is 12.3. The molecule has 0 bridgehead atoms. The van der Waals surface area contributed by atoms with Crippen LogP contribution >= 0.6 is 22.6 Å². The smallest absolute Gasteiger partial charge is 0.408 e. The van der Waals surface area contributed by atoms with Crippen LogP contribution in [0, 0.1) is 17.4 Å². The quantitative estimate of drug-likeness (QED) is 0.670. The zero-order chi connectivity index (χ0) is 18.4. The van der Waals surface area contributed by atoms with Gasteiger partial charge in [-0.1, -0.05) is 30.3 Å². The molecule has 0 aliphatic heterocycles. The number of amides is 2. The standard InChI is InChI=1S/C19H21IN2O3/c1-12-9-16(20)10-13(2)17(12)22-18(23)14(3)21-19(24)25-11-15-7-5-4-6-8-15/h4-10,14H,11H2,1-3H3,(H,21,24)(H,22,23)/t14-/m0/s1. The Balaban J connectivity index is 1.89. The number of nitrogens with one attached hydrogen (secondary N) is 2. The summed E-state index contributed by atoms with van der Waals surface area (Å²) in [5, 5.41) is 5.42. The summed E-state index contributed by atoms with van der Waals surface area (Å²) < 4.78 is 6.24. The van der Waals surface area contributed by atoms with Crippen LogP contribution in [-0.2, 0) is 16.1 Å². The summed E-state index contributed by atoms with van der Waals surface area (Å²) in [6.45, 7) is 5.67. The second-order valence-electron chi connectivity index (χ2n) is 5.83. The normalized spacial score (nSPS) is 11.5. The minimum atomic E-state index is -0.707. The molecular formula is C19H21IN2O3. The molecule has 0 heterocycles. The van der Waals surface area contributed by atoms with E-state index in [-0.39, 0.29) is 12.5 Å². The number of anilines is 1. The van der Waals surface area contributed by atoms with E-state index in [1.165, 1.54) is 0 Å². The SMILES string of the molecule is Cc1cc(I)cc(C)c1NC(=O)[C@H](C)NC(=O)OCc1ccccc1. The van der Waals surface area contributed by atoms with Gasteiger partial charge in [-0.3, -0.25) is 4.79 Å². The van der Waals surface area contributed by atoms with Gasteiger partial charge in [0.2, 0.25) is 5.91 Å². The zero-order valence-electron chi connectivity index (χ0n) is 14.4. The van der Waals surface area contributed by atoms with E-state index in [1.807, 2.05) is 56.3 Å². The molecule has 2 N–H and O–H groups in total. The first-order valence-corrected chi connectivity index (χ1v) is 8.99. The van der Waals surface area contributed by atoms with Gasteiger partial charge in [0.1, 0.15) is 12.6 Å².